The normalized spacial score (nSPS) is 10.4. The summed E-state index contributed by atoms with van der Waals surface area (Å²) in [6, 6.07) is 3.99. The molecule has 2 N–H and O–H groups in total. The van der Waals surface area contributed by atoms with Gasteiger partial charge in [-0.25, -0.2) is 0 Å². The number of benzene rings is 1. The molecule has 0 aliphatic rings. The summed E-state index contributed by atoms with van der Waals surface area (Å²) in [5.74, 6) is 1.71. The number of nitrogens with two attached hydrogens (primary N) is 1. The summed E-state index contributed by atoms with van der Waals surface area (Å²) in [6.45, 7) is 0.318. The average Bonchev–Trinajstić information content (AvgIpc) is 2.40. The van der Waals surface area contributed by atoms with Crippen molar-refractivity contribution in [3.05, 3.63) is 17.7 Å². The summed E-state index contributed by atoms with van der Waals surface area (Å²) >= 11 is 0.214. The van der Waals surface area contributed by atoms with Crippen molar-refractivity contribution in [3.8, 4) is 11.5 Å². The van der Waals surface area contributed by atoms with Crippen LogP contribution < -0.4 is 19.7 Å². The Kier molecular flexibility index (Phi) is 7.09. The molecule has 0 aromatic heterocycles. The van der Waals surface area contributed by atoms with Gasteiger partial charge in [-0.3, -0.25) is 0 Å². The van der Waals surface area contributed by atoms with E-state index in [-0.39, 0.29) is 21.6 Å². The summed E-state index contributed by atoms with van der Waals surface area (Å²) < 4.78 is 24.0. The minimum atomic E-state index is -0.257. The molecule has 0 heterocycles. The molecule has 1 aromatic carbocycles. The second-order valence-corrected chi connectivity index (χ2v) is 6.13. The van der Waals surface area contributed by atoms with E-state index in [1.54, 1.807) is 14.2 Å². The Bertz CT molecular complexity index is 374. The van der Waals surface area contributed by atoms with Crippen LogP contribution in [0.5, 0.6) is 11.5 Å². The third-order valence-electron chi connectivity index (χ3n) is 2.52. The minimum absolute atomic E-state index is 0.214. The van der Waals surface area contributed by atoms with Crippen molar-refractivity contribution in [2.45, 2.75) is 18.2 Å². The molecule has 1 aromatic rings. The third kappa shape index (κ3) is 4.16. The SMILES string of the molecule is COc1cc([Se]CCCF)c(OC)cc1CCN. The van der Waals surface area contributed by atoms with Gasteiger partial charge in [0.2, 0.25) is 0 Å². The molecule has 0 fully saturated rings. The fourth-order valence-electron chi connectivity index (χ4n) is 1.63. The molecule has 3 nitrogen and oxygen atoms in total. The van der Waals surface area contributed by atoms with E-state index >= 15 is 0 Å². The van der Waals surface area contributed by atoms with Gasteiger partial charge in [0.25, 0.3) is 0 Å². The molecule has 0 unspecified atom stereocenters. The molecule has 0 aliphatic heterocycles. The van der Waals surface area contributed by atoms with Gasteiger partial charge < -0.3 is 0 Å². The summed E-state index contributed by atoms with van der Waals surface area (Å²) in [6.07, 6.45) is 1.37. The van der Waals surface area contributed by atoms with Gasteiger partial charge in [0.05, 0.1) is 0 Å². The zero-order valence-electron chi connectivity index (χ0n) is 10.9. The summed E-state index contributed by atoms with van der Waals surface area (Å²) in [4.78, 5) is 0. The molecular formula is C13H20FNO2Se. The van der Waals surface area contributed by atoms with Gasteiger partial charge >= 0.3 is 114 Å². The predicted molar refractivity (Wildman–Crippen MR) is 73.1 cm³/mol. The maximum absolute atomic E-state index is 12.1. The number of rotatable bonds is 8. The van der Waals surface area contributed by atoms with Gasteiger partial charge in [-0.15, -0.1) is 0 Å². The summed E-state index contributed by atoms with van der Waals surface area (Å²) in [5, 5.41) is 0.874. The standard InChI is InChI=1S/C13H20FNO2Se/c1-16-11-9-13(18-7-3-5-14)12(17-2)8-10(11)4-6-15/h8-9H,3-7,15H2,1-2H3. The van der Waals surface area contributed by atoms with Crippen LogP contribution in [0.15, 0.2) is 12.1 Å². The third-order valence-corrected chi connectivity index (χ3v) is 4.87. The van der Waals surface area contributed by atoms with Crippen LogP contribution >= 0.6 is 0 Å². The molecular weight excluding hydrogens is 300 g/mol. The van der Waals surface area contributed by atoms with Crippen molar-refractivity contribution in [2.24, 2.45) is 5.73 Å². The van der Waals surface area contributed by atoms with Crippen LogP contribution in [0.1, 0.15) is 12.0 Å². The molecule has 18 heavy (non-hydrogen) atoms. The fourth-order valence-corrected chi connectivity index (χ4v) is 3.62. The first-order chi connectivity index (χ1) is 8.76. The zero-order valence-corrected chi connectivity index (χ0v) is 12.6. The van der Waals surface area contributed by atoms with Gasteiger partial charge in [0.1, 0.15) is 0 Å². The number of methoxy groups -OCH3 is 2. The van der Waals surface area contributed by atoms with Gasteiger partial charge in [-0.05, 0) is 0 Å². The Morgan fingerprint density at radius 3 is 2.50 bits per heavy atom. The number of hydrogen-bond acceptors (Lipinski definition) is 3. The van der Waals surface area contributed by atoms with Crippen LogP contribution in [0.2, 0.25) is 5.32 Å². The Morgan fingerprint density at radius 1 is 1.22 bits per heavy atom. The van der Waals surface area contributed by atoms with E-state index in [1.807, 2.05) is 12.1 Å². The van der Waals surface area contributed by atoms with Crippen LogP contribution in [-0.4, -0.2) is 42.4 Å². The zero-order chi connectivity index (χ0) is 13.4. The molecule has 0 saturated heterocycles. The number of alkyl halides is 1. The van der Waals surface area contributed by atoms with Crippen molar-refractivity contribution in [1.29, 1.82) is 0 Å². The molecule has 0 bridgehead atoms. The van der Waals surface area contributed by atoms with Crippen molar-refractivity contribution >= 4 is 19.4 Å². The Labute approximate surface area is 114 Å². The fraction of sp³-hybridized carbons (Fsp3) is 0.538. The summed E-state index contributed by atoms with van der Waals surface area (Å²) in [7, 11) is 3.31. The molecule has 0 spiro atoms. The van der Waals surface area contributed by atoms with E-state index in [4.69, 9.17) is 15.2 Å². The van der Waals surface area contributed by atoms with Crippen LogP contribution in [0.4, 0.5) is 4.39 Å². The quantitative estimate of drug-likeness (QED) is 0.580. The van der Waals surface area contributed by atoms with Crippen LogP contribution in [0.25, 0.3) is 0 Å². The second kappa shape index (κ2) is 8.35. The first kappa shape index (κ1) is 15.3. The molecule has 0 saturated carbocycles. The molecule has 5 heteroatoms. The number of ether oxygens (including phenoxy) is 2. The first-order valence-electron chi connectivity index (χ1n) is 5.90. The van der Waals surface area contributed by atoms with E-state index in [0.717, 1.165) is 33.3 Å². The Balaban J connectivity index is 2.94. The van der Waals surface area contributed by atoms with Crippen molar-refractivity contribution in [3.63, 3.8) is 0 Å². The van der Waals surface area contributed by atoms with Crippen molar-refractivity contribution in [2.75, 3.05) is 27.4 Å². The van der Waals surface area contributed by atoms with Gasteiger partial charge in [0.15, 0.2) is 0 Å². The van der Waals surface area contributed by atoms with E-state index < -0.39 is 0 Å². The predicted octanol–water partition coefficient (Wildman–Crippen LogP) is 1.31. The van der Waals surface area contributed by atoms with Crippen LogP contribution in [0, 0.1) is 0 Å². The van der Waals surface area contributed by atoms with Gasteiger partial charge in [-0.2, -0.15) is 0 Å². The van der Waals surface area contributed by atoms with Crippen molar-refractivity contribution < 1.29 is 13.9 Å². The Morgan fingerprint density at radius 2 is 1.94 bits per heavy atom. The van der Waals surface area contributed by atoms with E-state index in [2.05, 4.69) is 0 Å². The number of halogens is 1. The second-order valence-electron chi connectivity index (χ2n) is 3.74. The summed E-state index contributed by atoms with van der Waals surface area (Å²) in [5.41, 5.74) is 6.64. The van der Waals surface area contributed by atoms with Crippen LogP contribution in [-0.2, 0) is 6.42 Å². The molecule has 0 atom stereocenters. The van der Waals surface area contributed by atoms with E-state index in [1.165, 1.54) is 0 Å². The van der Waals surface area contributed by atoms with Gasteiger partial charge in [0, 0.05) is 0 Å². The molecule has 102 valence electrons. The topological polar surface area (TPSA) is 44.5 Å². The van der Waals surface area contributed by atoms with E-state index in [0.29, 0.717) is 13.0 Å². The molecule has 0 amide bonds. The maximum atomic E-state index is 12.1. The molecule has 0 aliphatic carbocycles. The number of hydrogen-bond donors (Lipinski definition) is 1. The first-order valence-corrected chi connectivity index (χ1v) is 7.97. The average molecular weight is 320 g/mol. The molecule has 0 radical (unpaired) electrons. The monoisotopic (exact) mass is 321 g/mol. The van der Waals surface area contributed by atoms with Gasteiger partial charge in [-0.1, -0.05) is 0 Å². The molecule has 1 rings (SSSR count). The van der Waals surface area contributed by atoms with Crippen LogP contribution in [0.3, 0.4) is 0 Å². The Hall–Kier alpha value is -0.771. The van der Waals surface area contributed by atoms with E-state index in [9.17, 15) is 4.39 Å². The van der Waals surface area contributed by atoms with Crippen molar-refractivity contribution in [1.82, 2.24) is 0 Å².